The second kappa shape index (κ2) is 15.8. The smallest absolute Gasteiger partial charge is 0.408 e. The van der Waals surface area contributed by atoms with Gasteiger partial charge in [-0.05, 0) is 70.7 Å². The van der Waals surface area contributed by atoms with E-state index in [2.05, 4.69) is 5.32 Å². The normalized spacial score (nSPS) is 37.1. The van der Waals surface area contributed by atoms with E-state index in [9.17, 15) is 38.9 Å². The van der Waals surface area contributed by atoms with Gasteiger partial charge in [0.2, 0.25) is 0 Å². The summed E-state index contributed by atoms with van der Waals surface area (Å²) in [5.74, 6) is -3.67. The topological polar surface area (TPSA) is 209 Å². The lowest BCUT2D eigenvalue weighted by molar-refractivity contribution is -0.345. The number of rotatable bonds is 10. The molecule has 5 fully saturated rings. The molecule has 2 saturated carbocycles. The fraction of sp³-hybridized carbons (Fsp3) is 0.727. The number of nitrogens with zero attached hydrogens (tertiary/aromatic N) is 1. The molecule has 0 unspecified atom stereocenters. The highest BCUT2D eigenvalue weighted by Gasteiger charge is 2.77. The van der Waals surface area contributed by atoms with Gasteiger partial charge < -0.3 is 53.8 Å². The van der Waals surface area contributed by atoms with E-state index in [1.54, 1.807) is 78.8 Å². The third-order valence-corrected chi connectivity index (χ3v) is 13.8. The Morgan fingerprint density at radius 1 is 1.03 bits per heavy atom. The van der Waals surface area contributed by atoms with Crippen molar-refractivity contribution in [3.63, 3.8) is 0 Å². The molecule has 3 aliphatic heterocycles. The average Bonchev–Trinajstić information content (AvgIpc) is 3.55. The number of amides is 1. The maximum absolute atomic E-state index is 14.4. The van der Waals surface area contributed by atoms with E-state index < -0.39 is 119 Å². The largest absolute Gasteiger partial charge is 0.456 e. The molecule has 3 saturated heterocycles. The molecular weight excluding hydrogens is 799 g/mol. The molecular formula is C44H61FN2O14. The molecule has 6 aliphatic rings. The third kappa shape index (κ3) is 7.97. The first-order chi connectivity index (χ1) is 28.4. The third-order valence-electron chi connectivity index (χ3n) is 13.8. The number of halogens is 1. The van der Waals surface area contributed by atoms with Crippen LogP contribution in [-0.4, -0.2) is 148 Å². The average molecular weight is 861 g/mol. The number of hydrogen-bond acceptors (Lipinski definition) is 15. The minimum Gasteiger partial charge on any atom is -0.456 e. The first-order valence-electron chi connectivity index (χ1n) is 21.1. The van der Waals surface area contributed by atoms with Gasteiger partial charge in [0.1, 0.15) is 42.3 Å². The van der Waals surface area contributed by atoms with Gasteiger partial charge in [-0.15, -0.1) is 0 Å². The van der Waals surface area contributed by atoms with E-state index in [4.69, 9.17) is 33.2 Å². The highest BCUT2D eigenvalue weighted by Crippen LogP contribution is 2.66. The standard InChI is InChI=1S/C44H61FN2O14/c1-23-27(56-37(51)31(49)26(18-45)46-38(52)61-39(3,4)5)17-44(54)35(59-36(50)25-13-11-10-12-14-25)33-42(9,16-15-28-43(33,22-55-28)60-24(2)48)34-32(30(23)40(44,6)7)57-29(58-34)19-47-20-41(8,53)21-47/h10-14,26-29,31-35,49,53-54H,15-22H2,1-9H3,(H,46,52)/t26-,27-,28+,29+,31+,32+,33-,34+,35-,42+,43-,44+/m0/s1. The van der Waals surface area contributed by atoms with Gasteiger partial charge in [-0.25, -0.2) is 18.8 Å². The molecule has 3 heterocycles. The summed E-state index contributed by atoms with van der Waals surface area (Å²) in [5, 5.41) is 37.7. The molecule has 1 aromatic carbocycles. The molecule has 61 heavy (non-hydrogen) atoms. The SMILES string of the molecule is CC(=O)O[C@@]12CO[C@@H]1CC[C@@]1(C)[C@@H]3O[C@H](CN4CC(C)(O)C4)O[C@@H]3C3=C(C)[C@@H](OC(=O)[C@H](O)[C@H](CF)NC(=O)OC(C)(C)C)C[C@@](O)([C@@H](OC(=O)c4ccccc4)[C@@H]12)C3(C)C. The molecule has 12 atom stereocenters. The van der Waals surface area contributed by atoms with E-state index in [0.29, 0.717) is 37.1 Å². The molecule has 2 bridgehead atoms. The zero-order valence-electron chi connectivity index (χ0n) is 36.4. The first-order valence-corrected chi connectivity index (χ1v) is 21.1. The molecule has 7 rings (SSSR count). The Bertz CT molecular complexity index is 1910. The van der Waals surface area contributed by atoms with Gasteiger partial charge in [0.05, 0.1) is 35.8 Å². The van der Waals surface area contributed by atoms with E-state index in [1.165, 1.54) is 6.92 Å². The Labute approximate surface area is 355 Å². The molecule has 1 aromatic rings. The van der Waals surface area contributed by atoms with Gasteiger partial charge in [0.15, 0.2) is 18.0 Å². The fourth-order valence-corrected chi connectivity index (χ4v) is 11.1. The van der Waals surface area contributed by atoms with E-state index in [-0.39, 0.29) is 25.1 Å². The van der Waals surface area contributed by atoms with Crippen LogP contribution in [0.1, 0.15) is 91.9 Å². The number of aliphatic hydroxyl groups excluding tert-OH is 1. The lowest BCUT2D eigenvalue weighted by Crippen LogP contribution is -2.79. The van der Waals surface area contributed by atoms with Gasteiger partial charge in [0, 0.05) is 43.8 Å². The number of fused-ring (bicyclic) bond motifs is 8. The van der Waals surface area contributed by atoms with Crippen molar-refractivity contribution < 1.29 is 72.0 Å². The molecule has 16 nitrogen and oxygen atoms in total. The molecule has 0 radical (unpaired) electrons. The Balaban J connectivity index is 1.36. The number of esters is 3. The van der Waals surface area contributed by atoms with E-state index in [0.717, 1.165) is 0 Å². The lowest BCUT2D eigenvalue weighted by atomic mass is 9.45. The number of likely N-dealkylation sites (tertiary alicyclic amines) is 1. The zero-order chi connectivity index (χ0) is 44.7. The van der Waals surface area contributed by atoms with Crippen molar-refractivity contribution in [2.75, 3.05) is 32.9 Å². The van der Waals surface area contributed by atoms with E-state index >= 15 is 0 Å². The van der Waals surface area contributed by atoms with Gasteiger partial charge in [-0.1, -0.05) is 39.0 Å². The lowest BCUT2D eigenvalue weighted by Gasteiger charge is -2.68. The summed E-state index contributed by atoms with van der Waals surface area (Å²) >= 11 is 0. The number of carbonyl (C=O) groups is 4. The van der Waals surface area contributed by atoms with Gasteiger partial charge in [-0.2, -0.15) is 0 Å². The quantitative estimate of drug-likeness (QED) is 0.151. The number of benzene rings is 1. The van der Waals surface area contributed by atoms with Gasteiger partial charge in [-0.3, -0.25) is 9.69 Å². The summed E-state index contributed by atoms with van der Waals surface area (Å²) in [5.41, 5.74) is -6.60. The number of ether oxygens (including phenoxy) is 7. The minimum absolute atomic E-state index is 0.0699. The number of carbonyl (C=O) groups excluding carboxylic acids is 4. The van der Waals surface area contributed by atoms with Crippen molar-refractivity contribution >= 4 is 24.0 Å². The number of β-amino-alcohol motifs (C(OH)–C–C–N with tert-alkyl or cyclic N) is 1. The van der Waals surface area contributed by atoms with Crippen LogP contribution >= 0.6 is 0 Å². The van der Waals surface area contributed by atoms with Crippen LogP contribution in [0.4, 0.5) is 9.18 Å². The van der Waals surface area contributed by atoms with Crippen LogP contribution in [0.15, 0.2) is 41.5 Å². The summed E-state index contributed by atoms with van der Waals surface area (Å²) in [7, 11) is 0. The zero-order valence-corrected chi connectivity index (χ0v) is 36.4. The number of aliphatic hydroxyl groups is 3. The summed E-state index contributed by atoms with van der Waals surface area (Å²) in [6, 6.07) is 6.50. The number of nitrogens with one attached hydrogen (secondary N) is 1. The van der Waals surface area contributed by atoms with Crippen molar-refractivity contribution in [3.8, 4) is 0 Å². The molecule has 4 N–H and O–H groups in total. The Morgan fingerprint density at radius 2 is 1.70 bits per heavy atom. The summed E-state index contributed by atoms with van der Waals surface area (Å²) in [4.78, 5) is 55.9. The van der Waals surface area contributed by atoms with E-state index in [1.807, 2.05) is 11.8 Å². The first kappa shape index (κ1) is 45.3. The van der Waals surface area contributed by atoms with Crippen LogP contribution in [0.5, 0.6) is 0 Å². The fourth-order valence-electron chi connectivity index (χ4n) is 11.1. The molecule has 17 heteroatoms. The van der Waals surface area contributed by atoms with Crippen LogP contribution in [-0.2, 0) is 42.7 Å². The summed E-state index contributed by atoms with van der Waals surface area (Å²) in [6.07, 6.45) is -8.79. The second-order valence-electron chi connectivity index (χ2n) is 19.9. The molecule has 1 amide bonds. The molecule has 338 valence electrons. The maximum Gasteiger partial charge on any atom is 0.408 e. The van der Waals surface area contributed by atoms with Gasteiger partial charge in [0.25, 0.3) is 0 Å². The van der Waals surface area contributed by atoms with Crippen molar-refractivity contribution in [2.24, 2.45) is 16.7 Å². The summed E-state index contributed by atoms with van der Waals surface area (Å²) < 4.78 is 58.4. The Kier molecular flexibility index (Phi) is 11.8. The van der Waals surface area contributed by atoms with Crippen molar-refractivity contribution in [2.45, 2.75) is 153 Å². The van der Waals surface area contributed by atoms with Crippen molar-refractivity contribution in [3.05, 3.63) is 47.0 Å². The van der Waals surface area contributed by atoms with Crippen LogP contribution in [0.25, 0.3) is 0 Å². The predicted molar refractivity (Wildman–Crippen MR) is 212 cm³/mol. The predicted octanol–water partition coefficient (Wildman–Crippen LogP) is 3.13. The van der Waals surface area contributed by atoms with Gasteiger partial charge >= 0.3 is 24.0 Å². The molecule has 0 spiro atoms. The Morgan fingerprint density at radius 3 is 2.28 bits per heavy atom. The Hall–Kier alpha value is -3.71. The monoisotopic (exact) mass is 860 g/mol. The summed E-state index contributed by atoms with van der Waals surface area (Å²) in [6.45, 7) is 14.7. The van der Waals surface area contributed by atoms with Crippen molar-refractivity contribution in [1.29, 1.82) is 0 Å². The highest BCUT2D eigenvalue weighted by atomic mass is 19.1. The second-order valence-corrected chi connectivity index (χ2v) is 19.9. The highest BCUT2D eigenvalue weighted by molar-refractivity contribution is 5.89. The number of hydrogen-bond donors (Lipinski definition) is 4. The van der Waals surface area contributed by atoms with Crippen LogP contribution in [0, 0.1) is 16.7 Å². The number of alkyl carbamates (subject to hydrolysis) is 1. The molecule has 3 aliphatic carbocycles. The maximum atomic E-state index is 14.4. The minimum atomic E-state index is -2.20. The van der Waals surface area contributed by atoms with Crippen LogP contribution in [0.3, 0.4) is 0 Å². The molecule has 0 aromatic heterocycles. The van der Waals surface area contributed by atoms with Crippen molar-refractivity contribution in [1.82, 2.24) is 10.2 Å². The van der Waals surface area contributed by atoms with Crippen LogP contribution in [0.2, 0.25) is 0 Å². The number of alkyl halides is 1. The van der Waals surface area contributed by atoms with Crippen LogP contribution < -0.4 is 5.32 Å².